The van der Waals surface area contributed by atoms with Gasteiger partial charge in [0.1, 0.15) is 0 Å². The van der Waals surface area contributed by atoms with Gasteiger partial charge in [0.25, 0.3) is 0 Å². The molecule has 4 nitrogen and oxygen atoms in total. The van der Waals surface area contributed by atoms with E-state index < -0.39 is 5.97 Å². The van der Waals surface area contributed by atoms with Crippen molar-refractivity contribution in [2.75, 3.05) is 5.75 Å². The van der Waals surface area contributed by atoms with Crippen molar-refractivity contribution in [3.63, 3.8) is 0 Å². The van der Waals surface area contributed by atoms with Crippen LogP contribution in [0.1, 0.15) is 36.2 Å². The summed E-state index contributed by atoms with van der Waals surface area (Å²) in [6.45, 7) is 5.99. The molecule has 0 bridgehead atoms. The van der Waals surface area contributed by atoms with E-state index in [4.69, 9.17) is 5.11 Å². The fourth-order valence-electron chi connectivity index (χ4n) is 1.35. The summed E-state index contributed by atoms with van der Waals surface area (Å²) in [4.78, 5) is 19.1. The van der Waals surface area contributed by atoms with Crippen LogP contribution in [0.3, 0.4) is 0 Å². The van der Waals surface area contributed by atoms with Crippen molar-refractivity contribution < 1.29 is 9.90 Å². The number of aromatic nitrogens is 2. The molecule has 0 spiro atoms. The molecule has 0 unspecified atom stereocenters. The number of thioether (sulfide) groups is 1. The molecule has 1 heterocycles. The highest BCUT2D eigenvalue weighted by Gasteiger charge is 2.05. The zero-order valence-electron chi connectivity index (χ0n) is 10.5. The summed E-state index contributed by atoms with van der Waals surface area (Å²) in [6, 6.07) is 0. The Morgan fingerprint density at radius 2 is 1.76 bits per heavy atom. The topological polar surface area (TPSA) is 63.1 Å². The van der Waals surface area contributed by atoms with Crippen LogP contribution >= 0.6 is 11.8 Å². The monoisotopic (exact) mass is 254 g/mol. The van der Waals surface area contributed by atoms with E-state index in [-0.39, 0.29) is 6.42 Å². The molecule has 0 aliphatic carbocycles. The van der Waals surface area contributed by atoms with E-state index in [1.165, 1.54) is 0 Å². The van der Waals surface area contributed by atoms with Gasteiger partial charge in [0.2, 0.25) is 0 Å². The summed E-state index contributed by atoms with van der Waals surface area (Å²) in [5.74, 6) is 0.142. The number of nitrogens with zero attached hydrogens (tertiary/aromatic N) is 2. The largest absolute Gasteiger partial charge is 0.481 e. The highest BCUT2D eigenvalue weighted by molar-refractivity contribution is 7.99. The molecule has 1 rings (SSSR count). The van der Waals surface area contributed by atoms with Crippen LogP contribution in [-0.4, -0.2) is 26.8 Å². The second-order valence-corrected chi connectivity index (χ2v) is 5.06. The molecular formula is C12H18N2O2S. The molecule has 0 saturated carbocycles. The Kier molecular flexibility index (Phi) is 5.41. The van der Waals surface area contributed by atoms with Gasteiger partial charge in [0.05, 0.1) is 0 Å². The Bertz CT molecular complexity index is 384. The van der Waals surface area contributed by atoms with Crippen molar-refractivity contribution in [1.82, 2.24) is 9.97 Å². The maximum atomic E-state index is 10.3. The zero-order chi connectivity index (χ0) is 12.8. The van der Waals surface area contributed by atoms with Gasteiger partial charge in [0.15, 0.2) is 5.16 Å². The van der Waals surface area contributed by atoms with E-state index in [1.807, 2.05) is 20.8 Å². The standard InChI is InChI=1S/C12H18N2O2S/c1-8-9(2)13-12(14-10(8)3)17-7-5-4-6-11(15)16/h4-7H2,1-3H3,(H,15,16). The highest BCUT2D eigenvalue weighted by Crippen LogP contribution is 2.18. The zero-order valence-corrected chi connectivity index (χ0v) is 11.3. The van der Waals surface area contributed by atoms with Gasteiger partial charge in [-0.3, -0.25) is 4.79 Å². The molecule has 94 valence electrons. The van der Waals surface area contributed by atoms with E-state index >= 15 is 0 Å². The predicted molar refractivity (Wildman–Crippen MR) is 68.5 cm³/mol. The van der Waals surface area contributed by atoms with Crippen LogP contribution in [0.4, 0.5) is 0 Å². The van der Waals surface area contributed by atoms with Crippen LogP contribution in [-0.2, 0) is 4.79 Å². The molecule has 0 atom stereocenters. The van der Waals surface area contributed by atoms with Crippen LogP contribution in [0.15, 0.2) is 5.16 Å². The van der Waals surface area contributed by atoms with Gasteiger partial charge in [-0.15, -0.1) is 0 Å². The van der Waals surface area contributed by atoms with Gasteiger partial charge >= 0.3 is 5.97 Å². The Balaban J connectivity index is 2.39. The van der Waals surface area contributed by atoms with Crippen molar-refractivity contribution in [2.24, 2.45) is 0 Å². The van der Waals surface area contributed by atoms with E-state index in [0.29, 0.717) is 6.42 Å². The van der Waals surface area contributed by atoms with Crippen LogP contribution in [0.2, 0.25) is 0 Å². The average molecular weight is 254 g/mol. The molecule has 0 radical (unpaired) electrons. The first-order valence-corrected chi connectivity index (χ1v) is 6.65. The average Bonchev–Trinajstić information content (AvgIpc) is 2.25. The van der Waals surface area contributed by atoms with E-state index in [0.717, 1.165) is 34.3 Å². The lowest BCUT2D eigenvalue weighted by molar-refractivity contribution is -0.137. The summed E-state index contributed by atoms with van der Waals surface area (Å²) in [5.41, 5.74) is 3.18. The lowest BCUT2D eigenvalue weighted by atomic mass is 10.2. The van der Waals surface area contributed by atoms with E-state index in [1.54, 1.807) is 11.8 Å². The normalized spacial score (nSPS) is 10.5. The van der Waals surface area contributed by atoms with Crippen molar-refractivity contribution >= 4 is 17.7 Å². The maximum absolute atomic E-state index is 10.3. The predicted octanol–water partition coefficient (Wildman–Crippen LogP) is 2.75. The lowest BCUT2D eigenvalue weighted by Crippen LogP contribution is -1.99. The number of unbranched alkanes of at least 4 members (excludes halogenated alkanes) is 1. The first kappa shape index (κ1) is 14.0. The Labute approximate surface area is 106 Å². The molecule has 0 amide bonds. The minimum Gasteiger partial charge on any atom is -0.481 e. The molecule has 0 aliphatic rings. The Hall–Kier alpha value is -1.10. The first-order chi connectivity index (χ1) is 8.00. The molecule has 1 N–H and O–H groups in total. The molecule has 1 aromatic heterocycles. The van der Waals surface area contributed by atoms with Crippen LogP contribution in [0, 0.1) is 20.8 Å². The van der Waals surface area contributed by atoms with Gasteiger partial charge in [-0.25, -0.2) is 9.97 Å². The van der Waals surface area contributed by atoms with E-state index in [9.17, 15) is 4.79 Å². The second kappa shape index (κ2) is 6.59. The number of carboxylic acid groups (broad SMARTS) is 1. The minimum atomic E-state index is -0.728. The van der Waals surface area contributed by atoms with Crippen LogP contribution < -0.4 is 0 Å². The van der Waals surface area contributed by atoms with Crippen molar-refractivity contribution in [3.05, 3.63) is 17.0 Å². The summed E-state index contributed by atoms with van der Waals surface area (Å²) >= 11 is 1.59. The van der Waals surface area contributed by atoms with Gasteiger partial charge in [-0.05, 0) is 39.2 Å². The van der Waals surface area contributed by atoms with E-state index in [2.05, 4.69) is 9.97 Å². The number of carboxylic acids is 1. The number of carbonyl (C=O) groups is 1. The molecule has 0 saturated heterocycles. The number of hydrogen-bond acceptors (Lipinski definition) is 4. The Morgan fingerprint density at radius 1 is 1.18 bits per heavy atom. The number of hydrogen-bond donors (Lipinski definition) is 1. The molecule has 0 fully saturated rings. The second-order valence-electron chi connectivity index (χ2n) is 4.00. The molecule has 17 heavy (non-hydrogen) atoms. The third kappa shape index (κ3) is 4.73. The van der Waals surface area contributed by atoms with Crippen LogP contribution in [0.25, 0.3) is 0 Å². The summed E-state index contributed by atoms with van der Waals surface area (Å²) < 4.78 is 0. The summed E-state index contributed by atoms with van der Waals surface area (Å²) in [6.07, 6.45) is 1.84. The van der Waals surface area contributed by atoms with Crippen molar-refractivity contribution in [3.8, 4) is 0 Å². The number of aliphatic carboxylic acids is 1. The van der Waals surface area contributed by atoms with Gasteiger partial charge in [-0.1, -0.05) is 11.8 Å². The molecule has 1 aromatic rings. The first-order valence-electron chi connectivity index (χ1n) is 5.67. The fourth-order valence-corrected chi connectivity index (χ4v) is 2.28. The van der Waals surface area contributed by atoms with Crippen molar-refractivity contribution in [2.45, 2.75) is 45.2 Å². The Morgan fingerprint density at radius 3 is 2.29 bits per heavy atom. The maximum Gasteiger partial charge on any atom is 0.303 e. The van der Waals surface area contributed by atoms with Gasteiger partial charge < -0.3 is 5.11 Å². The quantitative estimate of drug-likeness (QED) is 0.480. The summed E-state index contributed by atoms with van der Waals surface area (Å²) in [5, 5.41) is 9.29. The number of aryl methyl sites for hydroxylation is 2. The SMILES string of the molecule is Cc1nc(SCCCCC(=O)O)nc(C)c1C. The van der Waals surface area contributed by atoms with Crippen LogP contribution in [0.5, 0.6) is 0 Å². The molecular weight excluding hydrogens is 236 g/mol. The molecule has 0 aromatic carbocycles. The smallest absolute Gasteiger partial charge is 0.303 e. The minimum absolute atomic E-state index is 0.243. The van der Waals surface area contributed by atoms with Gasteiger partial charge in [0, 0.05) is 23.6 Å². The molecule has 0 aliphatic heterocycles. The third-order valence-electron chi connectivity index (χ3n) is 2.63. The fraction of sp³-hybridized carbons (Fsp3) is 0.583. The van der Waals surface area contributed by atoms with Crippen molar-refractivity contribution in [1.29, 1.82) is 0 Å². The third-order valence-corrected chi connectivity index (χ3v) is 3.56. The number of rotatable bonds is 6. The highest BCUT2D eigenvalue weighted by atomic mass is 32.2. The van der Waals surface area contributed by atoms with Gasteiger partial charge in [-0.2, -0.15) is 0 Å². The molecule has 5 heteroatoms. The summed E-state index contributed by atoms with van der Waals surface area (Å²) in [7, 11) is 0. The lowest BCUT2D eigenvalue weighted by Gasteiger charge is -2.06.